The second kappa shape index (κ2) is 4.82. The van der Waals surface area contributed by atoms with E-state index in [4.69, 9.17) is 4.74 Å². The zero-order valence-corrected chi connectivity index (χ0v) is 7.43. The van der Waals surface area contributed by atoms with Crippen LogP contribution in [0.5, 0.6) is 0 Å². The van der Waals surface area contributed by atoms with Gasteiger partial charge in [0, 0.05) is 19.3 Å². The van der Waals surface area contributed by atoms with Crippen LogP contribution in [0, 0.1) is 11.8 Å². The van der Waals surface area contributed by atoms with E-state index in [1.807, 2.05) is 0 Å². The van der Waals surface area contributed by atoms with E-state index in [9.17, 15) is 4.79 Å². The molecule has 0 saturated carbocycles. The van der Waals surface area contributed by atoms with Crippen LogP contribution in [0.15, 0.2) is 0 Å². The van der Waals surface area contributed by atoms with E-state index in [-0.39, 0.29) is 12.1 Å². The zero-order chi connectivity index (χ0) is 8.81. The van der Waals surface area contributed by atoms with Gasteiger partial charge in [0.15, 0.2) is 0 Å². The predicted molar refractivity (Wildman–Crippen MR) is 46.4 cm³/mol. The van der Waals surface area contributed by atoms with Crippen molar-refractivity contribution in [2.24, 2.45) is 0 Å². The van der Waals surface area contributed by atoms with Crippen molar-refractivity contribution < 1.29 is 9.53 Å². The third-order valence-electron chi connectivity index (χ3n) is 1.80. The van der Waals surface area contributed by atoms with Crippen molar-refractivity contribution >= 4 is 5.97 Å². The molecule has 1 aliphatic heterocycles. The Hall–Kier alpha value is -0.970. The van der Waals surface area contributed by atoms with Crippen LogP contribution in [0.1, 0.15) is 39.0 Å². The summed E-state index contributed by atoms with van der Waals surface area (Å²) in [5.74, 6) is 5.99. The maximum absolute atomic E-state index is 10.7. The highest BCUT2D eigenvalue weighted by Crippen LogP contribution is 2.15. The zero-order valence-electron chi connectivity index (χ0n) is 7.43. The van der Waals surface area contributed by atoms with Crippen LogP contribution in [-0.2, 0) is 9.53 Å². The molecule has 66 valence electrons. The largest absolute Gasteiger partial charge is 0.461 e. The number of ether oxygens (including phenoxy) is 1. The van der Waals surface area contributed by atoms with Gasteiger partial charge in [0.1, 0.15) is 6.10 Å². The summed E-state index contributed by atoms with van der Waals surface area (Å²) in [7, 11) is 0. The fraction of sp³-hybridized carbons (Fsp3) is 0.700. The van der Waals surface area contributed by atoms with Gasteiger partial charge in [-0.1, -0.05) is 12.8 Å². The van der Waals surface area contributed by atoms with Gasteiger partial charge in [-0.15, -0.1) is 5.92 Å². The lowest BCUT2D eigenvalue weighted by Crippen LogP contribution is -2.04. The van der Waals surface area contributed by atoms with Crippen LogP contribution in [0.4, 0.5) is 0 Å². The molecular weight excluding hydrogens is 152 g/mol. The summed E-state index contributed by atoms with van der Waals surface area (Å²) in [5, 5.41) is 0. The first-order valence-corrected chi connectivity index (χ1v) is 4.48. The van der Waals surface area contributed by atoms with Crippen molar-refractivity contribution in [3.05, 3.63) is 0 Å². The maximum atomic E-state index is 10.7. The maximum Gasteiger partial charge on any atom is 0.306 e. The standard InChI is InChI=1S/C10H14O2/c1-2-3-4-5-6-9-7-8-10(11)12-9/h9H,2-3,6-8H2,1H3/t9-/m0/s1. The van der Waals surface area contributed by atoms with Crippen molar-refractivity contribution in [2.75, 3.05) is 0 Å². The van der Waals surface area contributed by atoms with Gasteiger partial charge in [-0.05, 0) is 12.8 Å². The van der Waals surface area contributed by atoms with Crippen molar-refractivity contribution in [3.63, 3.8) is 0 Å². The Balaban J connectivity index is 2.16. The molecular formula is C10H14O2. The lowest BCUT2D eigenvalue weighted by Gasteiger charge is -2.01. The van der Waals surface area contributed by atoms with Gasteiger partial charge >= 0.3 is 5.97 Å². The summed E-state index contributed by atoms with van der Waals surface area (Å²) in [5.41, 5.74) is 0. The van der Waals surface area contributed by atoms with E-state index in [1.165, 1.54) is 0 Å². The molecule has 1 heterocycles. The second-order valence-corrected chi connectivity index (χ2v) is 2.96. The lowest BCUT2D eigenvalue weighted by molar-refractivity contribution is -0.141. The summed E-state index contributed by atoms with van der Waals surface area (Å²) in [4.78, 5) is 10.7. The van der Waals surface area contributed by atoms with Crippen LogP contribution >= 0.6 is 0 Å². The van der Waals surface area contributed by atoms with Crippen molar-refractivity contribution in [1.29, 1.82) is 0 Å². The molecule has 2 heteroatoms. The molecule has 2 nitrogen and oxygen atoms in total. The first-order valence-electron chi connectivity index (χ1n) is 4.48. The molecule has 1 aliphatic rings. The molecule has 0 amide bonds. The number of unbranched alkanes of at least 4 members (excludes halogenated alkanes) is 1. The van der Waals surface area contributed by atoms with E-state index in [0.29, 0.717) is 12.8 Å². The van der Waals surface area contributed by atoms with Crippen LogP contribution in [-0.4, -0.2) is 12.1 Å². The molecule has 0 aromatic rings. The summed E-state index contributed by atoms with van der Waals surface area (Å²) in [6.45, 7) is 2.10. The minimum atomic E-state index is -0.0720. The van der Waals surface area contributed by atoms with E-state index in [2.05, 4.69) is 18.8 Å². The average Bonchev–Trinajstić information content (AvgIpc) is 2.45. The third-order valence-corrected chi connectivity index (χ3v) is 1.80. The van der Waals surface area contributed by atoms with Crippen molar-refractivity contribution in [3.8, 4) is 11.8 Å². The first-order chi connectivity index (χ1) is 5.83. The number of rotatable bonds is 2. The summed E-state index contributed by atoms with van der Waals surface area (Å²) >= 11 is 0. The summed E-state index contributed by atoms with van der Waals surface area (Å²) in [6.07, 6.45) is 4.24. The van der Waals surface area contributed by atoms with Crippen molar-refractivity contribution in [2.45, 2.75) is 45.1 Å². The molecule has 1 rings (SSSR count). The topological polar surface area (TPSA) is 26.3 Å². The van der Waals surface area contributed by atoms with Crippen LogP contribution in [0.25, 0.3) is 0 Å². The lowest BCUT2D eigenvalue weighted by atomic mass is 10.2. The monoisotopic (exact) mass is 166 g/mol. The van der Waals surface area contributed by atoms with Gasteiger partial charge in [0.2, 0.25) is 0 Å². The Morgan fingerprint density at radius 2 is 2.42 bits per heavy atom. The van der Waals surface area contributed by atoms with Crippen LogP contribution in [0.2, 0.25) is 0 Å². The molecule has 0 aliphatic carbocycles. The fourth-order valence-corrected chi connectivity index (χ4v) is 1.13. The highest BCUT2D eigenvalue weighted by Gasteiger charge is 2.21. The number of cyclic esters (lactones) is 1. The fourth-order valence-electron chi connectivity index (χ4n) is 1.13. The van der Waals surface area contributed by atoms with Crippen LogP contribution in [0.3, 0.4) is 0 Å². The van der Waals surface area contributed by atoms with Gasteiger partial charge < -0.3 is 4.74 Å². The number of hydrogen-bond donors (Lipinski definition) is 0. The van der Waals surface area contributed by atoms with E-state index >= 15 is 0 Å². The van der Waals surface area contributed by atoms with Gasteiger partial charge in [0.05, 0.1) is 0 Å². The Morgan fingerprint density at radius 3 is 3.00 bits per heavy atom. The quantitative estimate of drug-likeness (QED) is 0.462. The number of hydrogen-bond acceptors (Lipinski definition) is 2. The van der Waals surface area contributed by atoms with E-state index in [1.54, 1.807) is 0 Å². The molecule has 1 saturated heterocycles. The van der Waals surface area contributed by atoms with E-state index in [0.717, 1.165) is 19.3 Å². The molecule has 1 atom stereocenters. The average molecular weight is 166 g/mol. The van der Waals surface area contributed by atoms with E-state index < -0.39 is 0 Å². The Bertz CT molecular complexity index is 210. The Morgan fingerprint density at radius 1 is 1.58 bits per heavy atom. The van der Waals surface area contributed by atoms with Crippen molar-refractivity contribution in [1.82, 2.24) is 0 Å². The van der Waals surface area contributed by atoms with Gasteiger partial charge in [-0.3, -0.25) is 4.79 Å². The van der Waals surface area contributed by atoms with Gasteiger partial charge in [0.25, 0.3) is 0 Å². The highest BCUT2D eigenvalue weighted by molar-refractivity contribution is 5.71. The summed E-state index contributed by atoms with van der Waals surface area (Å²) < 4.78 is 5.00. The van der Waals surface area contributed by atoms with Gasteiger partial charge in [-0.25, -0.2) is 0 Å². The molecule has 0 spiro atoms. The smallest absolute Gasteiger partial charge is 0.306 e. The molecule has 0 radical (unpaired) electrons. The highest BCUT2D eigenvalue weighted by atomic mass is 16.5. The molecule has 0 unspecified atom stereocenters. The van der Waals surface area contributed by atoms with Crippen LogP contribution < -0.4 is 0 Å². The normalized spacial score (nSPS) is 21.4. The predicted octanol–water partition coefficient (Wildman–Crippen LogP) is 1.89. The molecule has 0 aromatic heterocycles. The Labute approximate surface area is 73.3 Å². The first kappa shape index (κ1) is 9.12. The number of carbonyl (C=O) groups is 1. The molecule has 0 aromatic carbocycles. The molecule has 1 fully saturated rings. The second-order valence-electron chi connectivity index (χ2n) is 2.96. The summed E-state index contributed by atoms with van der Waals surface area (Å²) in [6, 6.07) is 0. The minimum absolute atomic E-state index is 0.0712. The third kappa shape index (κ3) is 2.96. The number of esters is 1. The molecule has 0 N–H and O–H groups in total. The SMILES string of the molecule is CCCC#CC[C@H]1CCC(=O)O1. The Kier molecular flexibility index (Phi) is 3.66. The van der Waals surface area contributed by atoms with Gasteiger partial charge in [-0.2, -0.15) is 0 Å². The minimum Gasteiger partial charge on any atom is -0.461 e. The number of carbonyl (C=O) groups excluding carboxylic acids is 1. The molecule has 0 bridgehead atoms. The molecule has 12 heavy (non-hydrogen) atoms.